The Hall–Kier alpha value is -1.58. The summed E-state index contributed by atoms with van der Waals surface area (Å²) < 4.78 is 20.5. The number of methoxy groups -OCH3 is 1. The van der Waals surface area contributed by atoms with Crippen LogP contribution in [0.5, 0.6) is 6.01 Å². The first-order valence-corrected chi connectivity index (χ1v) is 4.85. The first kappa shape index (κ1) is 9.96. The fourth-order valence-electron chi connectivity index (χ4n) is 1.70. The zero-order chi connectivity index (χ0) is 11.0. The minimum absolute atomic E-state index is 0.187. The van der Waals surface area contributed by atoms with Gasteiger partial charge in [0.2, 0.25) is 0 Å². The quantitative estimate of drug-likeness (QED) is 0.758. The predicted molar refractivity (Wildman–Crippen MR) is 56.6 cm³/mol. The Bertz CT molecular complexity index is 491. The van der Waals surface area contributed by atoms with Gasteiger partial charge in [0.1, 0.15) is 5.52 Å². The van der Waals surface area contributed by atoms with Gasteiger partial charge in [0.15, 0.2) is 5.82 Å². The minimum Gasteiger partial charge on any atom is -0.468 e. The highest BCUT2D eigenvalue weighted by atomic mass is 19.1. The second-order valence-electron chi connectivity index (χ2n) is 3.67. The van der Waals surface area contributed by atoms with Crippen LogP contribution in [0, 0.1) is 5.82 Å². The molecule has 0 saturated carbocycles. The van der Waals surface area contributed by atoms with Gasteiger partial charge >= 0.3 is 0 Å². The van der Waals surface area contributed by atoms with E-state index in [4.69, 9.17) is 4.74 Å². The summed E-state index contributed by atoms with van der Waals surface area (Å²) in [5.41, 5.74) is 1.13. The number of hydrogen-bond acceptors (Lipinski definition) is 2. The molecule has 0 saturated heterocycles. The Kier molecular flexibility index (Phi) is 2.34. The largest absolute Gasteiger partial charge is 0.468 e. The second kappa shape index (κ2) is 3.53. The maximum absolute atomic E-state index is 13.4. The van der Waals surface area contributed by atoms with Crippen molar-refractivity contribution >= 4 is 11.0 Å². The van der Waals surface area contributed by atoms with Gasteiger partial charge < -0.3 is 4.74 Å². The van der Waals surface area contributed by atoms with Crippen LogP contribution in [0.2, 0.25) is 0 Å². The summed E-state index contributed by atoms with van der Waals surface area (Å²) in [5, 5.41) is 0. The number of ether oxygens (including phenoxy) is 1. The van der Waals surface area contributed by atoms with Gasteiger partial charge in [-0.25, -0.2) is 4.39 Å². The van der Waals surface area contributed by atoms with Crippen LogP contribution >= 0.6 is 0 Å². The molecular formula is C11H13FN2O. The Morgan fingerprint density at radius 1 is 1.40 bits per heavy atom. The van der Waals surface area contributed by atoms with Crippen molar-refractivity contribution in [1.29, 1.82) is 0 Å². The summed E-state index contributed by atoms with van der Waals surface area (Å²) in [6.45, 7) is 4.02. The maximum Gasteiger partial charge on any atom is 0.297 e. The third kappa shape index (κ3) is 1.46. The normalized spacial score (nSPS) is 11.3. The second-order valence-corrected chi connectivity index (χ2v) is 3.67. The molecule has 0 aliphatic carbocycles. The molecule has 1 aromatic heterocycles. The number of nitrogens with zero attached hydrogens (tertiary/aromatic N) is 2. The molecule has 1 heterocycles. The summed E-state index contributed by atoms with van der Waals surface area (Å²) in [6.07, 6.45) is 0. The molecule has 0 spiro atoms. The van der Waals surface area contributed by atoms with E-state index >= 15 is 0 Å². The van der Waals surface area contributed by atoms with E-state index in [1.807, 2.05) is 24.5 Å². The molecule has 0 fully saturated rings. The zero-order valence-electron chi connectivity index (χ0n) is 8.99. The number of aromatic nitrogens is 2. The minimum atomic E-state index is -0.315. The first-order valence-electron chi connectivity index (χ1n) is 4.85. The summed E-state index contributed by atoms with van der Waals surface area (Å²) in [6, 6.07) is 5.56. The van der Waals surface area contributed by atoms with E-state index in [1.54, 1.807) is 6.07 Å². The number of halogens is 1. The molecular weight excluding hydrogens is 195 g/mol. The van der Waals surface area contributed by atoms with E-state index in [-0.39, 0.29) is 11.9 Å². The molecule has 0 amide bonds. The lowest BCUT2D eigenvalue weighted by Gasteiger charge is -2.10. The van der Waals surface area contributed by atoms with Crippen LogP contribution in [0.3, 0.4) is 0 Å². The molecule has 0 aliphatic rings. The van der Waals surface area contributed by atoms with Crippen molar-refractivity contribution in [1.82, 2.24) is 9.55 Å². The Labute approximate surface area is 87.5 Å². The van der Waals surface area contributed by atoms with Crippen LogP contribution in [0.4, 0.5) is 4.39 Å². The Morgan fingerprint density at radius 3 is 2.73 bits per heavy atom. The zero-order valence-corrected chi connectivity index (χ0v) is 8.99. The molecule has 0 N–H and O–H groups in total. The number of para-hydroxylation sites is 1. The van der Waals surface area contributed by atoms with Gasteiger partial charge in [0.25, 0.3) is 6.01 Å². The van der Waals surface area contributed by atoms with E-state index in [9.17, 15) is 4.39 Å². The van der Waals surface area contributed by atoms with E-state index in [1.165, 1.54) is 13.2 Å². The molecule has 80 valence electrons. The number of imidazole rings is 1. The van der Waals surface area contributed by atoms with Crippen LogP contribution in [-0.4, -0.2) is 16.7 Å². The fraction of sp³-hybridized carbons (Fsp3) is 0.364. The highest BCUT2D eigenvalue weighted by Gasteiger charge is 2.15. The molecule has 15 heavy (non-hydrogen) atoms. The van der Waals surface area contributed by atoms with Crippen molar-refractivity contribution in [3.8, 4) is 6.01 Å². The van der Waals surface area contributed by atoms with Gasteiger partial charge in [-0.15, -0.1) is 0 Å². The molecule has 4 heteroatoms. The van der Waals surface area contributed by atoms with Crippen LogP contribution in [0.25, 0.3) is 11.0 Å². The summed E-state index contributed by atoms with van der Waals surface area (Å²) in [5.74, 6) is -0.315. The van der Waals surface area contributed by atoms with Crippen molar-refractivity contribution in [2.75, 3.05) is 7.11 Å². The molecule has 1 aromatic carbocycles. The molecule has 2 aromatic rings. The molecule has 3 nitrogen and oxygen atoms in total. The lowest BCUT2D eigenvalue weighted by atomic mass is 10.3. The molecule has 0 bridgehead atoms. The van der Waals surface area contributed by atoms with Crippen LogP contribution in [-0.2, 0) is 0 Å². The fourth-order valence-corrected chi connectivity index (χ4v) is 1.70. The summed E-state index contributed by atoms with van der Waals surface area (Å²) in [7, 11) is 1.54. The number of fused-ring (bicyclic) bond motifs is 1. The summed E-state index contributed by atoms with van der Waals surface area (Å²) in [4.78, 5) is 4.12. The third-order valence-electron chi connectivity index (χ3n) is 2.34. The van der Waals surface area contributed by atoms with Crippen LogP contribution in [0.15, 0.2) is 18.2 Å². The van der Waals surface area contributed by atoms with Gasteiger partial charge in [-0.3, -0.25) is 4.57 Å². The number of hydrogen-bond donors (Lipinski definition) is 0. The van der Waals surface area contributed by atoms with E-state index in [0.29, 0.717) is 11.5 Å². The van der Waals surface area contributed by atoms with Crippen LogP contribution < -0.4 is 4.74 Å². The van der Waals surface area contributed by atoms with Gasteiger partial charge in [-0.1, -0.05) is 6.07 Å². The van der Waals surface area contributed by atoms with E-state index < -0.39 is 0 Å². The van der Waals surface area contributed by atoms with Gasteiger partial charge in [-0.05, 0) is 26.0 Å². The van der Waals surface area contributed by atoms with Gasteiger partial charge in [-0.2, -0.15) is 4.98 Å². The highest BCUT2D eigenvalue weighted by Crippen LogP contribution is 2.26. The highest BCUT2D eigenvalue weighted by molar-refractivity contribution is 5.77. The third-order valence-corrected chi connectivity index (χ3v) is 2.34. The average molecular weight is 208 g/mol. The van der Waals surface area contributed by atoms with Gasteiger partial charge in [0, 0.05) is 6.04 Å². The molecule has 0 aliphatic heterocycles. The van der Waals surface area contributed by atoms with Crippen molar-refractivity contribution < 1.29 is 9.13 Å². The average Bonchev–Trinajstić information content (AvgIpc) is 2.57. The van der Waals surface area contributed by atoms with E-state index in [0.717, 1.165) is 5.52 Å². The van der Waals surface area contributed by atoms with Crippen LogP contribution in [0.1, 0.15) is 19.9 Å². The Balaban J connectivity index is 2.80. The lowest BCUT2D eigenvalue weighted by Crippen LogP contribution is -2.03. The standard InChI is InChI=1S/C11H13FN2O/c1-7(2)14-9-6-4-5-8(12)10(9)13-11(14)15-3/h4-7H,1-3H3. The first-order chi connectivity index (χ1) is 7.15. The van der Waals surface area contributed by atoms with Crippen molar-refractivity contribution in [2.45, 2.75) is 19.9 Å². The molecule has 2 rings (SSSR count). The predicted octanol–water partition coefficient (Wildman–Crippen LogP) is 2.76. The number of benzene rings is 1. The SMILES string of the molecule is COc1nc2c(F)cccc2n1C(C)C. The smallest absolute Gasteiger partial charge is 0.297 e. The topological polar surface area (TPSA) is 27.1 Å². The molecule has 0 radical (unpaired) electrons. The molecule has 0 unspecified atom stereocenters. The van der Waals surface area contributed by atoms with E-state index in [2.05, 4.69) is 4.98 Å². The Morgan fingerprint density at radius 2 is 2.13 bits per heavy atom. The van der Waals surface area contributed by atoms with Gasteiger partial charge in [0.05, 0.1) is 12.6 Å². The molecule has 0 atom stereocenters. The lowest BCUT2D eigenvalue weighted by molar-refractivity contribution is 0.350. The van der Waals surface area contributed by atoms with Crippen molar-refractivity contribution in [3.05, 3.63) is 24.0 Å². The van der Waals surface area contributed by atoms with Crippen molar-refractivity contribution in [2.24, 2.45) is 0 Å². The number of rotatable bonds is 2. The monoisotopic (exact) mass is 208 g/mol. The van der Waals surface area contributed by atoms with Crippen molar-refractivity contribution in [3.63, 3.8) is 0 Å². The maximum atomic E-state index is 13.4. The summed E-state index contributed by atoms with van der Waals surface area (Å²) >= 11 is 0.